The summed E-state index contributed by atoms with van der Waals surface area (Å²) in [6, 6.07) is 85.1. The number of para-hydroxylation sites is 1. The molecule has 0 N–H and O–H groups in total. The zero-order valence-electron chi connectivity index (χ0n) is 36.8. The highest BCUT2D eigenvalue weighted by molar-refractivity contribution is 6.26. The number of hydrogen-bond donors (Lipinski definition) is 0. The number of fused-ring (bicyclic) bond motifs is 7. The van der Waals surface area contributed by atoms with Gasteiger partial charge in [-0.2, -0.15) is 0 Å². The van der Waals surface area contributed by atoms with Crippen molar-refractivity contribution in [2.45, 2.75) is 0 Å². The van der Waals surface area contributed by atoms with Crippen LogP contribution in [0.15, 0.2) is 247 Å². The lowest BCUT2D eigenvalue weighted by Gasteiger charge is -2.12. The molecule has 0 radical (unpaired) electrons. The quantitative estimate of drug-likeness (QED) is 0.153. The van der Waals surface area contributed by atoms with Gasteiger partial charge >= 0.3 is 0 Å². The van der Waals surface area contributed by atoms with Crippen LogP contribution in [0.25, 0.3) is 128 Å². The molecular weight excluding hydrogens is 829 g/mol. The maximum Gasteiger partial charge on any atom is 0.164 e. The summed E-state index contributed by atoms with van der Waals surface area (Å²) in [7, 11) is 0. The van der Waals surface area contributed by atoms with Crippen LogP contribution in [-0.4, -0.2) is 19.5 Å². The Morgan fingerprint density at radius 1 is 0.294 bits per heavy atom. The first-order valence-corrected chi connectivity index (χ1v) is 22.9. The van der Waals surface area contributed by atoms with E-state index in [0.29, 0.717) is 17.5 Å². The van der Waals surface area contributed by atoms with Gasteiger partial charge in [0.1, 0.15) is 11.2 Å². The fourth-order valence-electron chi connectivity index (χ4n) is 9.79. The third kappa shape index (κ3) is 6.84. The molecule has 0 aliphatic carbocycles. The highest BCUT2D eigenvalue weighted by atomic mass is 16.3. The lowest BCUT2D eigenvalue weighted by molar-refractivity contribution is 0.669. The van der Waals surface area contributed by atoms with E-state index >= 15 is 0 Å². The Labute approximate surface area is 392 Å². The molecule has 5 nitrogen and oxygen atoms in total. The van der Waals surface area contributed by atoms with E-state index in [-0.39, 0.29) is 0 Å². The van der Waals surface area contributed by atoms with E-state index in [4.69, 9.17) is 19.4 Å². The van der Waals surface area contributed by atoms with Gasteiger partial charge in [0.25, 0.3) is 0 Å². The predicted octanol–water partition coefficient (Wildman–Crippen LogP) is 16.5. The van der Waals surface area contributed by atoms with E-state index in [1.54, 1.807) is 0 Å². The Morgan fingerprint density at radius 3 is 1.44 bits per heavy atom. The van der Waals surface area contributed by atoms with Crippen LogP contribution in [0.4, 0.5) is 0 Å². The molecule has 0 spiro atoms. The summed E-state index contributed by atoms with van der Waals surface area (Å²) < 4.78 is 9.21. The van der Waals surface area contributed by atoms with Gasteiger partial charge in [-0.05, 0) is 87.0 Å². The molecule has 0 atom stereocenters. The Kier molecular flexibility index (Phi) is 9.43. The van der Waals surface area contributed by atoms with Crippen LogP contribution in [0.1, 0.15) is 0 Å². The topological polar surface area (TPSA) is 56.7 Å². The third-order valence-corrected chi connectivity index (χ3v) is 13.1. The van der Waals surface area contributed by atoms with Gasteiger partial charge in [-0.25, -0.2) is 15.0 Å². The van der Waals surface area contributed by atoms with Gasteiger partial charge in [0.05, 0.1) is 16.4 Å². The molecule has 0 unspecified atom stereocenters. The normalized spacial score (nSPS) is 11.5. The first-order chi connectivity index (χ1) is 33.7. The Balaban J connectivity index is 1.02. The first kappa shape index (κ1) is 39.2. The molecule has 5 heteroatoms. The highest BCUT2D eigenvalue weighted by Gasteiger charge is 2.23. The number of rotatable bonds is 8. The van der Waals surface area contributed by atoms with Crippen molar-refractivity contribution in [2.24, 2.45) is 0 Å². The van der Waals surface area contributed by atoms with Crippen LogP contribution in [-0.2, 0) is 0 Å². The Morgan fingerprint density at radius 2 is 0.765 bits per heavy atom. The summed E-state index contributed by atoms with van der Waals surface area (Å²) in [5, 5.41) is 4.25. The highest BCUT2D eigenvalue weighted by Crippen LogP contribution is 2.44. The average molecular weight is 869 g/mol. The zero-order chi connectivity index (χ0) is 45.0. The Hall–Kier alpha value is -9.19. The second-order valence-electron chi connectivity index (χ2n) is 17.2. The molecule has 318 valence electrons. The van der Waals surface area contributed by atoms with Gasteiger partial charge < -0.3 is 8.98 Å². The third-order valence-electron chi connectivity index (χ3n) is 13.1. The molecule has 0 saturated carbocycles. The molecular formula is C63H40N4O. The Bertz CT molecular complexity index is 3990. The summed E-state index contributed by atoms with van der Waals surface area (Å²) in [6.45, 7) is 0. The molecule has 13 aromatic rings. The van der Waals surface area contributed by atoms with Crippen molar-refractivity contribution >= 4 is 43.7 Å². The van der Waals surface area contributed by atoms with Crippen LogP contribution in [0.2, 0.25) is 0 Å². The van der Waals surface area contributed by atoms with E-state index in [0.717, 1.165) is 99.5 Å². The summed E-state index contributed by atoms with van der Waals surface area (Å²) >= 11 is 0. The summed E-state index contributed by atoms with van der Waals surface area (Å²) in [4.78, 5) is 15.9. The number of benzene rings is 10. The number of aromatic nitrogens is 4. The van der Waals surface area contributed by atoms with Gasteiger partial charge in [0.15, 0.2) is 17.5 Å². The van der Waals surface area contributed by atoms with Crippen LogP contribution in [0.3, 0.4) is 0 Å². The molecule has 0 saturated heterocycles. The standard InChI is InChI=1S/C63H40N4O/c1-4-15-41(16-5-1)44-29-31-46(32-30-44)49-22-13-24-51(40-49)67-55-27-11-10-25-52(55)53-37-38-57-59(60(53)67)58-54(26-14-28-56(58)68-57)63-65-61(47-35-33-45(34-36-47)42-17-6-2-7-18-42)64-62(66-63)50-23-12-21-48(39-50)43-19-8-3-9-20-43/h1-40H. The van der Waals surface area contributed by atoms with Crippen molar-refractivity contribution in [2.75, 3.05) is 0 Å². The van der Waals surface area contributed by atoms with E-state index in [1.165, 1.54) is 11.1 Å². The summed E-state index contributed by atoms with van der Waals surface area (Å²) in [5.74, 6) is 1.75. The minimum atomic E-state index is 0.566. The molecule has 13 rings (SSSR count). The molecule has 0 bridgehead atoms. The summed E-state index contributed by atoms with van der Waals surface area (Å²) in [6.07, 6.45) is 0. The number of nitrogens with zero attached hydrogens (tertiary/aromatic N) is 4. The molecule has 0 aliphatic heterocycles. The van der Waals surface area contributed by atoms with Crippen LogP contribution in [0.5, 0.6) is 0 Å². The fourth-order valence-corrected chi connectivity index (χ4v) is 9.79. The van der Waals surface area contributed by atoms with Crippen LogP contribution < -0.4 is 0 Å². The molecule has 3 aromatic heterocycles. The maximum absolute atomic E-state index is 6.82. The minimum Gasteiger partial charge on any atom is -0.456 e. The van der Waals surface area contributed by atoms with Crippen molar-refractivity contribution in [3.05, 3.63) is 243 Å². The lowest BCUT2D eigenvalue weighted by Crippen LogP contribution is -2.01. The minimum absolute atomic E-state index is 0.566. The second-order valence-corrected chi connectivity index (χ2v) is 17.2. The molecule has 10 aromatic carbocycles. The molecule has 3 heterocycles. The van der Waals surface area contributed by atoms with Gasteiger partial charge in [-0.3, -0.25) is 0 Å². The van der Waals surface area contributed by atoms with E-state index in [1.807, 2.05) is 24.3 Å². The fraction of sp³-hybridized carbons (Fsp3) is 0. The van der Waals surface area contributed by atoms with Crippen LogP contribution in [0, 0.1) is 0 Å². The second kappa shape index (κ2) is 16.4. The number of hydrogen-bond acceptors (Lipinski definition) is 4. The first-order valence-electron chi connectivity index (χ1n) is 22.9. The van der Waals surface area contributed by atoms with E-state index < -0.39 is 0 Å². The van der Waals surface area contributed by atoms with Gasteiger partial charge in [0.2, 0.25) is 0 Å². The van der Waals surface area contributed by atoms with Gasteiger partial charge in [0, 0.05) is 38.5 Å². The van der Waals surface area contributed by atoms with Crippen molar-refractivity contribution in [3.63, 3.8) is 0 Å². The van der Waals surface area contributed by atoms with Gasteiger partial charge in [-0.1, -0.05) is 200 Å². The zero-order valence-corrected chi connectivity index (χ0v) is 36.8. The van der Waals surface area contributed by atoms with Gasteiger partial charge in [-0.15, -0.1) is 0 Å². The molecule has 0 fully saturated rings. The predicted molar refractivity (Wildman–Crippen MR) is 279 cm³/mol. The maximum atomic E-state index is 6.82. The average Bonchev–Trinajstić information content (AvgIpc) is 3.98. The smallest absolute Gasteiger partial charge is 0.164 e. The molecule has 0 amide bonds. The van der Waals surface area contributed by atoms with Crippen molar-refractivity contribution in [1.29, 1.82) is 0 Å². The summed E-state index contributed by atoms with van der Waals surface area (Å²) in [5.41, 5.74) is 16.6. The molecule has 68 heavy (non-hydrogen) atoms. The molecule has 0 aliphatic rings. The number of furan rings is 1. The van der Waals surface area contributed by atoms with Crippen molar-refractivity contribution in [3.8, 4) is 84.4 Å². The monoisotopic (exact) mass is 868 g/mol. The lowest BCUT2D eigenvalue weighted by atomic mass is 10.00. The van der Waals surface area contributed by atoms with E-state index in [2.05, 4.69) is 223 Å². The van der Waals surface area contributed by atoms with E-state index in [9.17, 15) is 0 Å². The van der Waals surface area contributed by atoms with Crippen molar-refractivity contribution < 1.29 is 4.42 Å². The SMILES string of the molecule is c1ccc(-c2ccc(-c3cccc(-n4c5ccccc5c5ccc6oc7cccc(-c8nc(-c9ccc(-c%10ccccc%10)cc9)nc(-c9cccc(-c%10ccccc%10)c9)n8)c7c6c54)c3)cc2)cc1. The van der Waals surface area contributed by atoms with Crippen molar-refractivity contribution in [1.82, 2.24) is 19.5 Å². The van der Waals surface area contributed by atoms with Crippen LogP contribution >= 0.6 is 0 Å². The largest absolute Gasteiger partial charge is 0.456 e.